The number of carbonyl (C=O) groups is 1. The normalized spacial score (nSPS) is 19.3. The third-order valence-corrected chi connectivity index (χ3v) is 1.40. The van der Waals surface area contributed by atoms with E-state index in [0.29, 0.717) is 0 Å². The molecule has 2 nitrogen and oxygen atoms in total. The molecule has 0 unspecified atom stereocenters. The van der Waals surface area contributed by atoms with Gasteiger partial charge in [0.15, 0.2) is 0 Å². The zero-order chi connectivity index (χ0) is 5.82. The molecular weight excluding hydrogens is 125 g/mol. The Bertz CT molecular complexity index is 85.1. The van der Waals surface area contributed by atoms with Gasteiger partial charge in [0.25, 0.3) is 0 Å². The van der Waals surface area contributed by atoms with Crippen molar-refractivity contribution in [1.82, 2.24) is 5.32 Å². The first-order valence-corrected chi connectivity index (χ1v) is 3.16. The van der Waals surface area contributed by atoms with Crippen LogP contribution in [0.1, 0.15) is 25.7 Å². The fraction of sp³-hybridized carbons (Fsp3) is 0.833. The van der Waals surface area contributed by atoms with Crippen LogP contribution >= 0.6 is 0 Å². The van der Waals surface area contributed by atoms with Gasteiger partial charge < -0.3 is 5.32 Å². The number of hydrogen-bond donors (Lipinski definition) is 1. The second-order valence-electron chi connectivity index (χ2n) is 2.16. The maximum atomic E-state index is 10.6. The van der Waals surface area contributed by atoms with Gasteiger partial charge in [-0.2, -0.15) is 0 Å². The number of amides is 1. The van der Waals surface area contributed by atoms with Crippen LogP contribution < -0.4 is 5.32 Å². The summed E-state index contributed by atoms with van der Waals surface area (Å²) in [5, 5.41) is 2.81. The van der Waals surface area contributed by atoms with E-state index in [1.807, 2.05) is 0 Å². The van der Waals surface area contributed by atoms with E-state index in [1.165, 1.54) is 6.42 Å². The summed E-state index contributed by atoms with van der Waals surface area (Å²) in [7, 11) is 0. The van der Waals surface area contributed by atoms with Crippen LogP contribution in [-0.4, -0.2) is 42.0 Å². The third-order valence-electron chi connectivity index (χ3n) is 1.40. The summed E-state index contributed by atoms with van der Waals surface area (Å²) in [6, 6.07) is 0. The van der Waals surface area contributed by atoms with Gasteiger partial charge in [-0.25, -0.2) is 0 Å². The molecule has 0 aromatic carbocycles. The van der Waals surface area contributed by atoms with Crippen molar-refractivity contribution in [1.29, 1.82) is 0 Å². The Morgan fingerprint density at radius 1 is 1.22 bits per heavy atom. The predicted molar refractivity (Wildman–Crippen MR) is 38.6 cm³/mol. The number of hydrogen-bond acceptors (Lipinski definition) is 1. The van der Waals surface area contributed by atoms with E-state index in [2.05, 4.69) is 5.32 Å². The molecule has 1 saturated heterocycles. The number of rotatable bonds is 0. The van der Waals surface area contributed by atoms with Crippen LogP contribution in [-0.2, 0) is 4.79 Å². The molecule has 0 atom stereocenters. The van der Waals surface area contributed by atoms with Crippen molar-refractivity contribution in [2.75, 3.05) is 6.54 Å². The van der Waals surface area contributed by atoms with Crippen LogP contribution in [0.3, 0.4) is 0 Å². The van der Waals surface area contributed by atoms with E-state index >= 15 is 0 Å². The van der Waals surface area contributed by atoms with Crippen molar-refractivity contribution < 1.29 is 4.79 Å². The standard InChI is InChI=1S/C6H11NO.Na.H/c8-6-4-2-1-3-5-7-6;;/h1-5H2,(H,7,8);;. The molecule has 1 heterocycles. The Balaban J connectivity index is 0.000000640. The van der Waals surface area contributed by atoms with Crippen molar-refractivity contribution in [2.24, 2.45) is 0 Å². The fourth-order valence-electron chi connectivity index (χ4n) is 0.904. The number of nitrogens with one attached hydrogen (secondary N) is 1. The Morgan fingerprint density at radius 3 is 2.78 bits per heavy atom. The van der Waals surface area contributed by atoms with Gasteiger partial charge in [-0.3, -0.25) is 4.79 Å². The van der Waals surface area contributed by atoms with Crippen molar-refractivity contribution in [3.8, 4) is 0 Å². The second kappa shape index (κ2) is 5.27. The molecule has 0 aliphatic carbocycles. The van der Waals surface area contributed by atoms with E-state index in [0.717, 1.165) is 25.8 Å². The summed E-state index contributed by atoms with van der Waals surface area (Å²) in [4.78, 5) is 10.6. The zero-order valence-electron chi connectivity index (χ0n) is 4.94. The first-order chi connectivity index (χ1) is 3.89. The number of carbonyl (C=O) groups excluding carboxylic acids is 1. The molecule has 3 heteroatoms. The van der Waals surface area contributed by atoms with Crippen molar-refractivity contribution in [3.05, 3.63) is 0 Å². The molecule has 0 radical (unpaired) electrons. The summed E-state index contributed by atoms with van der Waals surface area (Å²) in [5.74, 6) is 0.225. The topological polar surface area (TPSA) is 29.1 Å². The molecule has 1 amide bonds. The van der Waals surface area contributed by atoms with E-state index in [1.54, 1.807) is 0 Å². The molecule has 0 aromatic heterocycles. The molecule has 1 N–H and O–H groups in total. The van der Waals surface area contributed by atoms with Crippen molar-refractivity contribution >= 4 is 35.5 Å². The molecule has 0 bridgehead atoms. The average molecular weight is 137 g/mol. The van der Waals surface area contributed by atoms with Gasteiger partial charge in [-0.15, -0.1) is 0 Å². The third kappa shape index (κ3) is 3.95. The van der Waals surface area contributed by atoms with Gasteiger partial charge >= 0.3 is 29.6 Å². The molecule has 1 aliphatic rings. The van der Waals surface area contributed by atoms with Crippen LogP contribution in [0.5, 0.6) is 0 Å². The van der Waals surface area contributed by atoms with Gasteiger partial charge in [0.05, 0.1) is 0 Å². The van der Waals surface area contributed by atoms with Gasteiger partial charge in [0.1, 0.15) is 0 Å². The molecule has 1 rings (SSSR count). The van der Waals surface area contributed by atoms with Crippen LogP contribution in [0.4, 0.5) is 0 Å². The van der Waals surface area contributed by atoms with Crippen molar-refractivity contribution in [3.63, 3.8) is 0 Å². The summed E-state index contributed by atoms with van der Waals surface area (Å²) < 4.78 is 0. The summed E-state index contributed by atoms with van der Waals surface area (Å²) in [6.07, 6.45) is 4.18. The summed E-state index contributed by atoms with van der Waals surface area (Å²) in [5.41, 5.74) is 0. The van der Waals surface area contributed by atoms with Crippen LogP contribution in [0.15, 0.2) is 0 Å². The van der Waals surface area contributed by atoms with E-state index in [9.17, 15) is 4.79 Å². The monoisotopic (exact) mass is 137 g/mol. The summed E-state index contributed by atoms with van der Waals surface area (Å²) in [6.45, 7) is 0.888. The molecular formula is C6H12NNaO. The van der Waals surface area contributed by atoms with Crippen LogP contribution in [0.2, 0.25) is 0 Å². The Labute approximate surface area is 77.7 Å². The Kier molecular flexibility index (Phi) is 5.55. The molecule has 9 heavy (non-hydrogen) atoms. The minimum atomic E-state index is 0. The maximum absolute atomic E-state index is 10.6. The van der Waals surface area contributed by atoms with E-state index < -0.39 is 0 Å². The predicted octanol–water partition coefficient (Wildman–Crippen LogP) is 0.0281. The van der Waals surface area contributed by atoms with Gasteiger partial charge in [-0.1, -0.05) is 6.42 Å². The first-order valence-electron chi connectivity index (χ1n) is 3.16. The molecule has 0 spiro atoms. The van der Waals surface area contributed by atoms with E-state index in [4.69, 9.17) is 0 Å². The fourth-order valence-corrected chi connectivity index (χ4v) is 0.904. The van der Waals surface area contributed by atoms with Gasteiger partial charge in [-0.05, 0) is 12.8 Å². The second-order valence-corrected chi connectivity index (χ2v) is 2.16. The summed E-state index contributed by atoms with van der Waals surface area (Å²) >= 11 is 0. The van der Waals surface area contributed by atoms with E-state index in [-0.39, 0.29) is 35.5 Å². The molecule has 0 saturated carbocycles. The van der Waals surface area contributed by atoms with Crippen LogP contribution in [0.25, 0.3) is 0 Å². The van der Waals surface area contributed by atoms with Crippen LogP contribution in [0, 0.1) is 0 Å². The average Bonchev–Trinajstić information content (AvgIpc) is 1.94. The minimum absolute atomic E-state index is 0. The molecule has 1 fully saturated rings. The zero-order valence-corrected chi connectivity index (χ0v) is 4.94. The Morgan fingerprint density at radius 2 is 2.00 bits per heavy atom. The van der Waals surface area contributed by atoms with Gasteiger partial charge in [0, 0.05) is 13.0 Å². The quantitative estimate of drug-likeness (QED) is 0.469. The molecule has 48 valence electrons. The molecule has 0 aromatic rings. The Hall–Kier alpha value is 0.470. The molecule has 1 aliphatic heterocycles. The van der Waals surface area contributed by atoms with Gasteiger partial charge in [0.2, 0.25) is 5.91 Å². The SMILES string of the molecule is O=C1CCCCCN1.[NaH]. The first kappa shape index (κ1) is 9.47. The van der Waals surface area contributed by atoms with Crippen molar-refractivity contribution in [2.45, 2.75) is 25.7 Å².